The van der Waals surface area contributed by atoms with Gasteiger partial charge in [0.15, 0.2) is 0 Å². The molecule has 0 unspecified atom stereocenters. The van der Waals surface area contributed by atoms with E-state index in [0.29, 0.717) is 17.8 Å². The third-order valence-corrected chi connectivity index (χ3v) is 2.29. The van der Waals surface area contributed by atoms with Gasteiger partial charge in [-0.15, -0.1) is 6.58 Å². The van der Waals surface area contributed by atoms with Crippen molar-refractivity contribution in [3.63, 3.8) is 0 Å². The van der Waals surface area contributed by atoms with Crippen LogP contribution in [0.1, 0.15) is 21.6 Å². The summed E-state index contributed by atoms with van der Waals surface area (Å²) < 4.78 is 1.39. The van der Waals surface area contributed by atoms with Gasteiger partial charge in [-0.25, -0.2) is 4.79 Å². The van der Waals surface area contributed by atoms with Gasteiger partial charge in [0, 0.05) is 18.3 Å². The number of aromatic nitrogens is 1. The van der Waals surface area contributed by atoms with Gasteiger partial charge in [-0.2, -0.15) is 0 Å². The topological polar surface area (TPSA) is 59.3 Å². The van der Waals surface area contributed by atoms with E-state index in [1.165, 1.54) is 10.6 Å². The van der Waals surface area contributed by atoms with Gasteiger partial charge in [-0.3, -0.25) is 4.79 Å². The van der Waals surface area contributed by atoms with Crippen LogP contribution >= 0.6 is 0 Å². The van der Waals surface area contributed by atoms with E-state index in [4.69, 9.17) is 5.11 Å². The largest absolute Gasteiger partial charge is 0.478 e. The van der Waals surface area contributed by atoms with Crippen molar-refractivity contribution < 1.29 is 9.90 Å². The zero-order chi connectivity index (χ0) is 11.6. The molecule has 0 saturated heterocycles. The van der Waals surface area contributed by atoms with E-state index >= 15 is 0 Å². The predicted molar refractivity (Wildman–Crippen MR) is 57.3 cm³/mol. The highest BCUT2D eigenvalue weighted by Gasteiger charge is 2.14. The number of carboxylic acid groups (broad SMARTS) is 1. The molecule has 0 aliphatic carbocycles. The third kappa shape index (κ3) is 1.98. The van der Waals surface area contributed by atoms with Gasteiger partial charge >= 0.3 is 5.97 Å². The average molecular weight is 207 g/mol. The molecule has 1 rings (SSSR count). The average Bonchev–Trinajstić information content (AvgIpc) is 2.11. The van der Waals surface area contributed by atoms with Gasteiger partial charge in [0.25, 0.3) is 5.56 Å². The summed E-state index contributed by atoms with van der Waals surface area (Å²) in [5.74, 6) is -1.01. The zero-order valence-corrected chi connectivity index (χ0v) is 8.78. The fourth-order valence-electron chi connectivity index (χ4n) is 1.60. The quantitative estimate of drug-likeness (QED) is 0.761. The highest BCUT2D eigenvalue weighted by molar-refractivity contribution is 5.90. The maximum atomic E-state index is 11.5. The predicted octanol–water partition coefficient (Wildman–Crippen LogP) is 1.35. The van der Waals surface area contributed by atoms with Crippen LogP contribution in [0.25, 0.3) is 0 Å². The van der Waals surface area contributed by atoms with Crippen molar-refractivity contribution in [3.8, 4) is 0 Å². The Bertz CT molecular complexity index is 471. The highest BCUT2D eigenvalue weighted by Crippen LogP contribution is 2.10. The van der Waals surface area contributed by atoms with Crippen molar-refractivity contribution in [2.75, 3.05) is 0 Å². The molecule has 15 heavy (non-hydrogen) atoms. The summed E-state index contributed by atoms with van der Waals surface area (Å²) in [6, 6.07) is 1.33. The van der Waals surface area contributed by atoms with Gasteiger partial charge in [-0.1, -0.05) is 6.08 Å². The van der Waals surface area contributed by atoms with Crippen molar-refractivity contribution >= 4 is 5.97 Å². The van der Waals surface area contributed by atoms with Gasteiger partial charge in [0.05, 0.1) is 5.56 Å². The normalized spacial score (nSPS) is 10.0. The molecular formula is C11H13NO3. The monoisotopic (exact) mass is 207 g/mol. The van der Waals surface area contributed by atoms with Crippen LogP contribution < -0.4 is 5.56 Å². The molecule has 4 nitrogen and oxygen atoms in total. The van der Waals surface area contributed by atoms with Crippen LogP contribution in [0, 0.1) is 13.8 Å². The Labute approximate surface area is 87.5 Å². The minimum absolute atomic E-state index is 0.191. The van der Waals surface area contributed by atoms with Crippen LogP contribution in [0.4, 0.5) is 0 Å². The lowest BCUT2D eigenvalue weighted by molar-refractivity contribution is 0.0694. The number of carbonyl (C=O) groups is 1. The molecule has 1 N–H and O–H groups in total. The second kappa shape index (κ2) is 4.13. The van der Waals surface area contributed by atoms with E-state index in [-0.39, 0.29) is 11.1 Å². The molecule has 0 aliphatic rings. The molecule has 0 fully saturated rings. The van der Waals surface area contributed by atoms with Crippen molar-refractivity contribution in [2.45, 2.75) is 20.4 Å². The van der Waals surface area contributed by atoms with Gasteiger partial charge < -0.3 is 9.67 Å². The fourth-order valence-corrected chi connectivity index (χ4v) is 1.60. The molecule has 4 heteroatoms. The van der Waals surface area contributed by atoms with E-state index in [2.05, 4.69) is 6.58 Å². The first-order valence-corrected chi connectivity index (χ1v) is 4.54. The lowest BCUT2D eigenvalue weighted by Gasteiger charge is -2.11. The zero-order valence-electron chi connectivity index (χ0n) is 8.78. The standard InChI is InChI=1S/C11H13NO3/c1-4-5-12-8(3)10(11(14)15)7(2)6-9(12)13/h4,6H,1,5H2,2-3H3,(H,14,15). The molecule has 0 atom stereocenters. The third-order valence-electron chi connectivity index (χ3n) is 2.29. The maximum absolute atomic E-state index is 11.5. The molecule has 0 aliphatic heterocycles. The van der Waals surface area contributed by atoms with Gasteiger partial charge in [-0.05, 0) is 19.4 Å². The van der Waals surface area contributed by atoms with Crippen LogP contribution in [-0.2, 0) is 6.54 Å². The number of carboxylic acids is 1. The van der Waals surface area contributed by atoms with Gasteiger partial charge in [0.2, 0.25) is 0 Å². The number of nitrogens with zero attached hydrogens (tertiary/aromatic N) is 1. The Balaban J connectivity index is 3.55. The second-order valence-corrected chi connectivity index (χ2v) is 3.33. The smallest absolute Gasteiger partial charge is 0.337 e. The Kier molecular flexibility index (Phi) is 3.09. The molecule has 0 saturated carbocycles. The summed E-state index contributed by atoms with van der Waals surface area (Å²) in [6.45, 7) is 7.10. The van der Waals surface area contributed by atoms with Crippen LogP contribution in [-0.4, -0.2) is 15.6 Å². The van der Waals surface area contributed by atoms with Crippen molar-refractivity contribution in [3.05, 3.63) is 45.9 Å². The van der Waals surface area contributed by atoms with Gasteiger partial charge in [0.1, 0.15) is 0 Å². The summed E-state index contributed by atoms with van der Waals surface area (Å²) in [7, 11) is 0. The summed E-state index contributed by atoms with van der Waals surface area (Å²) in [6.07, 6.45) is 1.56. The lowest BCUT2D eigenvalue weighted by Crippen LogP contribution is -2.24. The molecule has 80 valence electrons. The molecule has 1 aromatic heterocycles. The number of aryl methyl sites for hydroxylation is 1. The van der Waals surface area contributed by atoms with E-state index in [1.54, 1.807) is 19.9 Å². The SMILES string of the molecule is C=CCn1c(C)c(C(=O)O)c(C)cc1=O. The first-order valence-electron chi connectivity index (χ1n) is 4.54. The van der Waals surface area contributed by atoms with E-state index in [1.807, 2.05) is 0 Å². The fraction of sp³-hybridized carbons (Fsp3) is 0.273. The van der Waals surface area contributed by atoms with Crippen LogP contribution in [0.5, 0.6) is 0 Å². The molecular weight excluding hydrogens is 194 g/mol. The first-order chi connectivity index (χ1) is 6.99. The van der Waals surface area contributed by atoms with E-state index in [9.17, 15) is 9.59 Å². The number of rotatable bonds is 3. The number of hydrogen-bond donors (Lipinski definition) is 1. The summed E-state index contributed by atoms with van der Waals surface area (Å²) in [5, 5.41) is 8.99. The molecule has 1 aromatic rings. The second-order valence-electron chi connectivity index (χ2n) is 3.33. The number of hydrogen-bond acceptors (Lipinski definition) is 2. The number of pyridine rings is 1. The van der Waals surface area contributed by atoms with Crippen molar-refractivity contribution in [1.82, 2.24) is 4.57 Å². The molecule has 0 radical (unpaired) electrons. The Morgan fingerprint density at radius 1 is 1.60 bits per heavy atom. The Hall–Kier alpha value is -1.84. The van der Waals surface area contributed by atoms with Crippen LogP contribution in [0.15, 0.2) is 23.5 Å². The van der Waals surface area contributed by atoms with Crippen LogP contribution in [0.3, 0.4) is 0 Å². The Morgan fingerprint density at radius 3 is 2.67 bits per heavy atom. The Morgan fingerprint density at radius 2 is 2.20 bits per heavy atom. The minimum Gasteiger partial charge on any atom is -0.478 e. The van der Waals surface area contributed by atoms with E-state index in [0.717, 1.165) is 0 Å². The van der Waals surface area contributed by atoms with E-state index < -0.39 is 5.97 Å². The van der Waals surface area contributed by atoms with Crippen LogP contribution in [0.2, 0.25) is 0 Å². The first kappa shape index (κ1) is 11.2. The lowest BCUT2D eigenvalue weighted by atomic mass is 10.1. The number of allylic oxidation sites excluding steroid dienone is 1. The van der Waals surface area contributed by atoms with Crippen molar-refractivity contribution in [1.29, 1.82) is 0 Å². The minimum atomic E-state index is -1.01. The molecule has 0 spiro atoms. The summed E-state index contributed by atoms with van der Waals surface area (Å²) >= 11 is 0. The summed E-state index contributed by atoms with van der Waals surface area (Å²) in [5.41, 5.74) is 0.948. The molecule has 1 heterocycles. The van der Waals surface area contributed by atoms with Crippen molar-refractivity contribution in [2.24, 2.45) is 0 Å². The number of aromatic carboxylic acids is 1. The molecule has 0 amide bonds. The molecule has 0 aromatic carbocycles. The summed E-state index contributed by atoms with van der Waals surface area (Å²) in [4.78, 5) is 22.5. The molecule has 0 bridgehead atoms. The highest BCUT2D eigenvalue weighted by atomic mass is 16.4. The maximum Gasteiger partial charge on any atom is 0.337 e.